The van der Waals surface area contributed by atoms with Gasteiger partial charge in [-0.25, -0.2) is 14.6 Å². The molecule has 32 heavy (non-hydrogen) atoms. The molecule has 0 aliphatic carbocycles. The molecule has 3 aromatic rings. The number of aromatic nitrogens is 1. The Hall–Kier alpha value is -3.65. The average Bonchev–Trinajstić information content (AvgIpc) is 2.81. The van der Waals surface area contributed by atoms with Gasteiger partial charge in [0.25, 0.3) is 5.91 Å². The maximum Gasteiger partial charge on any atom is 0.356 e. The smallest absolute Gasteiger partial charge is 0.356 e. The van der Waals surface area contributed by atoms with Gasteiger partial charge in [-0.1, -0.05) is 42.1 Å². The van der Waals surface area contributed by atoms with E-state index >= 15 is 0 Å². The van der Waals surface area contributed by atoms with Gasteiger partial charge in [-0.15, -0.1) is 0 Å². The van der Waals surface area contributed by atoms with Crippen LogP contribution >= 0.6 is 11.8 Å². The molecule has 0 atom stereocenters. The number of rotatable bonds is 8. The van der Waals surface area contributed by atoms with Crippen LogP contribution in [0, 0.1) is 0 Å². The Balaban J connectivity index is 1.91. The maximum absolute atomic E-state index is 12.6. The van der Waals surface area contributed by atoms with Crippen molar-refractivity contribution in [1.29, 1.82) is 0 Å². The number of nitrogens with one attached hydrogen (secondary N) is 1. The third-order valence-corrected chi connectivity index (χ3v) is 5.21. The van der Waals surface area contributed by atoms with E-state index in [2.05, 4.69) is 10.3 Å². The summed E-state index contributed by atoms with van der Waals surface area (Å²) < 4.78 is 10.1. The summed E-state index contributed by atoms with van der Waals surface area (Å²) in [7, 11) is 0. The van der Waals surface area contributed by atoms with Crippen LogP contribution in [0.25, 0.3) is 0 Å². The molecule has 0 bridgehead atoms. The normalized spacial score (nSPS) is 10.3. The Morgan fingerprint density at radius 1 is 0.844 bits per heavy atom. The van der Waals surface area contributed by atoms with Crippen LogP contribution in [0.1, 0.15) is 45.2 Å². The largest absolute Gasteiger partial charge is 0.461 e. The molecule has 8 heteroatoms. The molecule has 2 aromatic carbocycles. The lowest BCUT2D eigenvalue weighted by Crippen LogP contribution is -2.13. The van der Waals surface area contributed by atoms with Crippen LogP contribution in [0.15, 0.2) is 76.5 Å². The predicted molar refractivity (Wildman–Crippen MR) is 121 cm³/mol. The van der Waals surface area contributed by atoms with E-state index in [1.54, 1.807) is 56.3 Å². The number of carbonyl (C=O) groups excluding carboxylic acids is 3. The molecular formula is C24H22N2O5S. The molecule has 1 N–H and O–H groups in total. The van der Waals surface area contributed by atoms with E-state index < -0.39 is 11.9 Å². The van der Waals surface area contributed by atoms with Crippen LogP contribution < -0.4 is 5.32 Å². The third kappa shape index (κ3) is 5.95. The summed E-state index contributed by atoms with van der Waals surface area (Å²) in [6.07, 6.45) is 0. The first-order valence-corrected chi connectivity index (χ1v) is 10.8. The van der Waals surface area contributed by atoms with Gasteiger partial charge in [0, 0.05) is 15.4 Å². The summed E-state index contributed by atoms with van der Waals surface area (Å²) in [6.45, 7) is 3.74. The Morgan fingerprint density at radius 3 is 2.00 bits per heavy atom. The minimum atomic E-state index is -0.633. The zero-order valence-electron chi connectivity index (χ0n) is 17.7. The van der Waals surface area contributed by atoms with Crippen LogP contribution in [0.2, 0.25) is 0 Å². The van der Waals surface area contributed by atoms with Gasteiger partial charge in [-0.05, 0) is 50.2 Å². The van der Waals surface area contributed by atoms with Gasteiger partial charge in [-0.2, -0.15) is 0 Å². The van der Waals surface area contributed by atoms with Crippen molar-refractivity contribution in [2.45, 2.75) is 23.6 Å². The summed E-state index contributed by atoms with van der Waals surface area (Å²) in [5.74, 6) is -1.51. The minimum absolute atomic E-state index is 0.00528. The number of ether oxygens (including phenoxy) is 2. The second-order valence-corrected chi connectivity index (χ2v) is 7.55. The van der Waals surface area contributed by atoms with Gasteiger partial charge in [0.1, 0.15) is 11.4 Å². The molecule has 1 aromatic heterocycles. The van der Waals surface area contributed by atoms with E-state index in [1.165, 1.54) is 11.8 Å². The number of hydrogen-bond donors (Lipinski definition) is 1. The van der Waals surface area contributed by atoms with Gasteiger partial charge in [0.05, 0.1) is 18.9 Å². The first kappa shape index (κ1) is 23.0. The SMILES string of the molecule is CCOC(=O)c1cc(Sc2ccccc2NC(=O)c2ccccc2)cc(C(=O)OCC)n1. The highest BCUT2D eigenvalue weighted by molar-refractivity contribution is 7.99. The Morgan fingerprint density at radius 2 is 1.41 bits per heavy atom. The summed E-state index contributed by atoms with van der Waals surface area (Å²) in [4.78, 5) is 42.5. The van der Waals surface area contributed by atoms with E-state index in [1.807, 2.05) is 24.3 Å². The number of pyridine rings is 1. The van der Waals surface area contributed by atoms with Crippen LogP contribution in [-0.2, 0) is 9.47 Å². The summed E-state index contributed by atoms with van der Waals surface area (Å²) in [6, 6.07) is 19.2. The zero-order chi connectivity index (χ0) is 22.9. The fourth-order valence-electron chi connectivity index (χ4n) is 2.75. The predicted octanol–water partition coefficient (Wildman–Crippen LogP) is 4.84. The monoisotopic (exact) mass is 450 g/mol. The number of carbonyl (C=O) groups is 3. The Labute approximate surface area is 190 Å². The number of para-hydroxylation sites is 1. The van der Waals surface area contributed by atoms with Crippen molar-refractivity contribution < 1.29 is 23.9 Å². The lowest BCUT2D eigenvalue weighted by Gasteiger charge is -2.12. The van der Waals surface area contributed by atoms with Crippen LogP contribution in [0.4, 0.5) is 5.69 Å². The van der Waals surface area contributed by atoms with Crippen molar-refractivity contribution in [3.8, 4) is 0 Å². The summed E-state index contributed by atoms with van der Waals surface area (Å²) in [5, 5.41) is 2.90. The highest BCUT2D eigenvalue weighted by Crippen LogP contribution is 2.34. The topological polar surface area (TPSA) is 94.6 Å². The summed E-state index contributed by atoms with van der Waals surface area (Å²) in [5.41, 5.74) is 1.14. The number of amides is 1. The molecule has 0 spiro atoms. The van der Waals surface area contributed by atoms with E-state index in [-0.39, 0.29) is 30.5 Å². The Kier molecular flexibility index (Phi) is 7.99. The molecular weight excluding hydrogens is 428 g/mol. The fraction of sp³-hybridized carbons (Fsp3) is 0.167. The van der Waals surface area contributed by atoms with Gasteiger partial charge in [0.15, 0.2) is 0 Å². The highest BCUT2D eigenvalue weighted by atomic mass is 32.2. The number of anilines is 1. The molecule has 7 nitrogen and oxygen atoms in total. The molecule has 0 unspecified atom stereocenters. The second kappa shape index (κ2) is 11.1. The van der Waals surface area contributed by atoms with Gasteiger partial charge in [0.2, 0.25) is 0 Å². The number of benzene rings is 2. The van der Waals surface area contributed by atoms with Gasteiger partial charge >= 0.3 is 11.9 Å². The highest BCUT2D eigenvalue weighted by Gasteiger charge is 2.18. The maximum atomic E-state index is 12.6. The van der Waals surface area contributed by atoms with Crippen LogP contribution in [0.3, 0.4) is 0 Å². The Bertz CT molecular complexity index is 1080. The lowest BCUT2D eigenvalue weighted by atomic mass is 10.2. The van der Waals surface area contributed by atoms with Crippen LogP contribution in [-0.4, -0.2) is 36.0 Å². The van der Waals surface area contributed by atoms with Crippen molar-refractivity contribution in [3.63, 3.8) is 0 Å². The number of esters is 2. The standard InChI is InChI=1S/C24H22N2O5S/c1-3-30-23(28)19-14-17(15-20(25-19)24(29)31-4-2)32-21-13-9-8-12-18(21)26-22(27)16-10-6-5-7-11-16/h5-15H,3-4H2,1-2H3,(H,26,27). The number of hydrogen-bond acceptors (Lipinski definition) is 7. The molecule has 3 rings (SSSR count). The van der Waals surface area contributed by atoms with Crippen LogP contribution in [0.5, 0.6) is 0 Å². The number of nitrogens with zero attached hydrogens (tertiary/aromatic N) is 1. The minimum Gasteiger partial charge on any atom is -0.461 e. The van der Waals surface area contributed by atoms with E-state index in [4.69, 9.17) is 9.47 Å². The second-order valence-electron chi connectivity index (χ2n) is 6.43. The first-order valence-electron chi connectivity index (χ1n) is 10.0. The van der Waals surface area contributed by atoms with Crippen molar-refractivity contribution >= 4 is 35.3 Å². The summed E-state index contributed by atoms with van der Waals surface area (Å²) >= 11 is 1.28. The molecule has 0 saturated heterocycles. The average molecular weight is 451 g/mol. The van der Waals surface area contributed by atoms with Crippen molar-refractivity contribution in [2.24, 2.45) is 0 Å². The molecule has 0 aliphatic rings. The van der Waals surface area contributed by atoms with E-state index in [9.17, 15) is 14.4 Å². The lowest BCUT2D eigenvalue weighted by molar-refractivity contribution is 0.0510. The van der Waals surface area contributed by atoms with E-state index in [0.29, 0.717) is 16.1 Å². The molecule has 0 fully saturated rings. The molecule has 0 aliphatic heterocycles. The molecule has 164 valence electrons. The first-order chi connectivity index (χ1) is 15.5. The van der Waals surface area contributed by atoms with E-state index in [0.717, 1.165) is 4.90 Å². The van der Waals surface area contributed by atoms with Gasteiger partial charge < -0.3 is 14.8 Å². The van der Waals surface area contributed by atoms with Gasteiger partial charge in [-0.3, -0.25) is 4.79 Å². The molecule has 0 saturated carbocycles. The molecule has 1 heterocycles. The quantitative estimate of drug-likeness (QED) is 0.491. The van der Waals surface area contributed by atoms with Crippen molar-refractivity contribution in [2.75, 3.05) is 18.5 Å². The van der Waals surface area contributed by atoms with Crippen molar-refractivity contribution in [1.82, 2.24) is 4.98 Å². The third-order valence-electron chi connectivity index (χ3n) is 4.17. The fourth-order valence-corrected chi connectivity index (χ4v) is 3.72. The van der Waals surface area contributed by atoms with Crippen molar-refractivity contribution in [3.05, 3.63) is 83.7 Å². The molecule has 1 amide bonds. The zero-order valence-corrected chi connectivity index (χ0v) is 18.5. The molecule has 0 radical (unpaired) electrons.